The number of likely N-dealkylation sites (N-methyl/N-ethyl adjacent to an activating group) is 1. The number of esters is 2. The predicted molar refractivity (Wildman–Crippen MR) is 112 cm³/mol. The SMILES string of the molecule is CC(=O)OC(=O)C[C@H](C[N+](C)(C)C)NC(=O)Nc1ccc(-c2ccccc2)cc1. The minimum absolute atomic E-state index is 0.0878. The lowest BCUT2D eigenvalue weighted by atomic mass is 10.1. The number of quaternary nitrogens is 1. The Balaban J connectivity index is 1.99. The van der Waals surface area contributed by atoms with Gasteiger partial charge in [-0.1, -0.05) is 42.5 Å². The molecule has 1 atom stereocenters. The first-order valence-electron chi connectivity index (χ1n) is 9.37. The molecule has 2 aromatic carbocycles. The zero-order valence-corrected chi connectivity index (χ0v) is 17.3. The van der Waals surface area contributed by atoms with Crippen molar-refractivity contribution in [1.82, 2.24) is 5.32 Å². The first-order chi connectivity index (χ1) is 13.6. The summed E-state index contributed by atoms with van der Waals surface area (Å²) in [5.74, 6) is -1.33. The zero-order chi connectivity index (χ0) is 21.4. The molecule has 0 saturated heterocycles. The summed E-state index contributed by atoms with van der Waals surface area (Å²) in [5, 5.41) is 5.57. The minimum Gasteiger partial charge on any atom is -0.393 e. The topological polar surface area (TPSA) is 84.5 Å². The van der Waals surface area contributed by atoms with Crippen molar-refractivity contribution in [1.29, 1.82) is 0 Å². The fraction of sp³-hybridized carbons (Fsp3) is 0.318. The maximum absolute atomic E-state index is 12.4. The maximum atomic E-state index is 12.4. The van der Waals surface area contributed by atoms with Crippen molar-refractivity contribution in [3.05, 3.63) is 54.6 Å². The number of carbonyl (C=O) groups is 3. The third kappa shape index (κ3) is 8.15. The molecule has 0 aliphatic rings. The molecule has 2 amide bonds. The zero-order valence-electron chi connectivity index (χ0n) is 17.3. The van der Waals surface area contributed by atoms with E-state index in [9.17, 15) is 14.4 Å². The molecule has 2 rings (SSSR count). The first kappa shape index (κ1) is 22.1. The van der Waals surface area contributed by atoms with E-state index in [0.29, 0.717) is 16.7 Å². The van der Waals surface area contributed by atoms with Crippen LogP contribution in [0.3, 0.4) is 0 Å². The molecular formula is C22H28N3O4+. The molecule has 7 nitrogen and oxygen atoms in total. The van der Waals surface area contributed by atoms with Crippen LogP contribution in [0.4, 0.5) is 10.5 Å². The van der Waals surface area contributed by atoms with Crippen LogP contribution < -0.4 is 10.6 Å². The summed E-state index contributed by atoms with van der Waals surface area (Å²) in [5.41, 5.74) is 2.78. The highest BCUT2D eigenvalue weighted by molar-refractivity contribution is 5.90. The van der Waals surface area contributed by atoms with Crippen LogP contribution in [0.5, 0.6) is 0 Å². The van der Waals surface area contributed by atoms with Gasteiger partial charge in [0.05, 0.1) is 40.2 Å². The number of urea groups is 1. The molecule has 2 aromatic rings. The molecule has 0 aromatic heterocycles. The van der Waals surface area contributed by atoms with E-state index in [1.165, 1.54) is 6.92 Å². The van der Waals surface area contributed by atoms with E-state index in [4.69, 9.17) is 0 Å². The summed E-state index contributed by atoms with van der Waals surface area (Å²) >= 11 is 0. The Labute approximate surface area is 171 Å². The van der Waals surface area contributed by atoms with Crippen molar-refractivity contribution < 1.29 is 23.6 Å². The summed E-state index contributed by atoms with van der Waals surface area (Å²) in [6, 6.07) is 16.5. The molecule has 0 heterocycles. The van der Waals surface area contributed by atoms with Crippen molar-refractivity contribution >= 4 is 23.7 Å². The number of hydrogen-bond acceptors (Lipinski definition) is 4. The second-order valence-electron chi connectivity index (χ2n) is 7.88. The highest BCUT2D eigenvalue weighted by Crippen LogP contribution is 2.21. The molecule has 0 fully saturated rings. The number of rotatable bonds is 7. The number of anilines is 1. The number of ether oxygens (including phenoxy) is 1. The normalized spacial score (nSPS) is 12.0. The lowest BCUT2D eigenvalue weighted by molar-refractivity contribution is -0.871. The fourth-order valence-corrected chi connectivity index (χ4v) is 2.95. The first-order valence-corrected chi connectivity index (χ1v) is 9.37. The number of nitrogens with zero attached hydrogens (tertiary/aromatic N) is 1. The summed E-state index contributed by atoms with van der Waals surface area (Å²) in [7, 11) is 5.85. The third-order valence-corrected chi connectivity index (χ3v) is 4.02. The van der Waals surface area contributed by atoms with Crippen LogP contribution in [0.15, 0.2) is 54.6 Å². The highest BCUT2D eigenvalue weighted by atomic mass is 16.6. The Morgan fingerprint density at radius 1 is 0.931 bits per heavy atom. The van der Waals surface area contributed by atoms with E-state index >= 15 is 0 Å². The van der Waals surface area contributed by atoms with Gasteiger partial charge in [0.15, 0.2) is 0 Å². The quantitative estimate of drug-likeness (QED) is 0.427. The number of amides is 2. The van der Waals surface area contributed by atoms with Gasteiger partial charge in [0.1, 0.15) is 0 Å². The molecule has 0 aliphatic heterocycles. The van der Waals surface area contributed by atoms with Gasteiger partial charge in [0, 0.05) is 12.6 Å². The molecule has 0 aliphatic carbocycles. The fourth-order valence-electron chi connectivity index (χ4n) is 2.95. The van der Waals surface area contributed by atoms with E-state index in [1.54, 1.807) is 0 Å². The lowest BCUT2D eigenvalue weighted by Gasteiger charge is -2.29. The minimum atomic E-state index is -0.665. The molecule has 2 N–H and O–H groups in total. The Kier molecular flexibility index (Phi) is 7.50. The average Bonchev–Trinajstić information content (AvgIpc) is 2.60. The average molecular weight is 398 g/mol. The van der Waals surface area contributed by atoms with Crippen LogP contribution in [-0.2, 0) is 14.3 Å². The van der Waals surface area contributed by atoms with Crippen molar-refractivity contribution in [2.75, 3.05) is 33.0 Å². The lowest BCUT2D eigenvalue weighted by Crippen LogP contribution is -2.50. The monoisotopic (exact) mass is 398 g/mol. The highest BCUT2D eigenvalue weighted by Gasteiger charge is 2.24. The van der Waals surface area contributed by atoms with E-state index in [-0.39, 0.29) is 6.42 Å². The van der Waals surface area contributed by atoms with E-state index in [2.05, 4.69) is 15.4 Å². The molecule has 29 heavy (non-hydrogen) atoms. The molecule has 0 unspecified atom stereocenters. The largest absolute Gasteiger partial charge is 0.393 e. The Morgan fingerprint density at radius 3 is 2.07 bits per heavy atom. The molecule has 7 heteroatoms. The van der Waals surface area contributed by atoms with Crippen LogP contribution in [0.25, 0.3) is 11.1 Å². The van der Waals surface area contributed by atoms with Gasteiger partial charge in [-0.05, 0) is 23.3 Å². The van der Waals surface area contributed by atoms with E-state index < -0.39 is 24.0 Å². The molecule has 0 radical (unpaired) electrons. The van der Waals surface area contributed by atoms with Gasteiger partial charge in [0.25, 0.3) is 0 Å². The van der Waals surface area contributed by atoms with Gasteiger partial charge < -0.3 is 19.9 Å². The Bertz CT molecular complexity index is 843. The number of carbonyl (C=O) groups excluding carboxylic acids is 3. The van der Waals surface area contributed by atoms with Crippen LogP contribution >= 0.6 is 0 Å². The number of benzene rings is 2. The summed E-state index contributed by atoms with van der Waals surface area (Å²) in [4.78, 5) is 35.2. The second-order valence-corrected chi connectivity index (χ2v) is 7.88. The Hall–Kier alpha value is -3.19. The Morgan fingerprint density at radius 2 is 1.52 bits per heavy atom. The summed E-state index contributed by atoms with van der Waals surface area (Å²) < 4.78 is 5.13. The van der Waals surface area contributed by atoms with Crippen molar-refractivity contribution in [2.24, 2.45) is 0 Å². The van der Waals surface area contributed by atoms with Gasteiger partial charge in [-0.3, -0.25) is 9.59 Å². The van der Waals surface area contributed by atoms with Crippen LogP contribution in [0.1, 0.15) is 13.3 Å². The summed E-state index contributed by atoms with van der Waals surface area (Å²) in [6.07, 6.45) is -0.0878. The molecule has 154 valence electrons. The van der Waals surface area contributed by atoms with Crippen molar-refractivity contribution in [2.45, 2.75) is 19.4 Å². The standard InChI is InChI=1S/C22H27N3O4/c1-16(26)29-21(27)14-20(15-25(2,3)4)24-22(28)23-19-12-10-18(11-13-19)17-8-6-5-7-9-17/h5-13,20H,14-15H2,1-4H3,(H-,23,24,28)/p+1/t20-/m1/s1. The molecule has 0 bridgehead atoms. The van der Waals surface area contributed by atoms with Gasteiger partial charge in [-0.15, -0.1) is 0 Å². The third-order valence-electron chi connectivity index (χ3n) is 4.02. The smallest absolute Gasteiger partial charge is 0.319 e. The molecule has 0 spiro atoms. The van der Waals surface area contributed by atoms with Crippen molar-refractivity contribution in [3.8, 4) is 11.1 Å². The van der Waals surface area contributed by atoms with Gasteiger partial charge in [-0.25, -0.2) is 4.79 Å². The molecule has 0 saturated carbocycles. The summed E-state index contributed by atoms with van der Waals surface area (Å²) in [6.45, 7) is 1.67. The second kappa shape index (κ2) is 9.84. The van der Waals surface area contributed by atoms with Gasteiger partial charge in [-0.2, -0.15) is 0 Å². The van der Waals surface area contributed by atoms with E-state index in [1.807, 2.05) is 75.7 Å². The van der Waals surface area contributed by atoms with E-state index in [0.717, 1.165) is 11.1 Å². The van der Waals surface area contributed by atoms with Crippen molar-refractivity contribution in [3.63, 3.8) is 0 Å². The van der Waals surface area contributed by atoms with Gasteiger partial charge >= 0.3 is 18.0 Å². The number of hydrogen-bond donors (Lipinski definition) is 2. The van der Waals surface area contributed by atoms with Crippen LogP contribution in [0, 0.1) is 0 Å². The molecular weight excluding hydrogens is 370 g/mol. The predicted octanol–water partition coefficient (Wildman–Crippen LogP) is 3.03. The van der Waals surface area contributed by atoms with Crippen LogP contribution in [0.2, 0.25) is 0 Å². The van der Waals surface area contributed by atoms with Crippen LogP contribution in [-0.4, -0.2) is 56.2 Å². The van der Waals surface area contributed by atoms with Gasteiger partial charge in [0.2, 0.25) is 0 Å². The number of nitrogens with one attached hydrogen (secondary N) is 2. The maximum Gasteiger partial charge on any atom is 0.319 e.